The van der Waals surface area contributed by atoms with Crippen LogP contribution in [0, 0.1) is 5.92 Å². The van der Waals surface area contributed by atoms with Gasteiger partial charge in [0.2, 0.25) is 0 Å². The van der Waals surface area contributed by atoms with Crippen LogP contribution in [0.3, 0.4) is 0 Å². The van der Waals surface area contributed by atoms with Crippen molar-refractivity contribution in [2.24, 2.45) is 11.7 Å². The zero-order chi connectivity index (χ0) is 12.3. The largest absolute Gasteiger partial charge is 0.327 e. The third-order valence-corrected chi connectivity index (χ3v) is 4.40. The van der Waals surface area contributed by atoms with Gasteiger partial charge in [-0.3, -0.25) is 0 Å². The fourth-order valence-corrected chi connectivity index (χ4v) is 2.79. The van der Waals surface area contributed by atoms with E-state index in [0.717, 1.165) is 5.92 Å². The van der Waals surface area contributed by atoms with Crippen LogP contribution in [-0.2, 0) is 0 Å². The number of unbranched alkanes of at least 4 members (excludes halogenated alkanes) is 8. The zero-order valence-electron chi connectivity index (χ0n) is 11.9. The van der Waals surface area contributed by atoms with Crippen molar-refractivity contribution in [2.45, 2.75) is 96.4 Å². The molecule has 0 radical (unpaired) electrons. The van der Waals surface area contributed by atoms with Crippen molar-refractivity contribution in [1.82, 2.24) is 0 Å². The second-order valence-electron chi connectivity index (χ2n) is 5.97. The van der Waals surface area contributed by atoms with Gasteiger partial charge in [-0.05, 0) is 25.2 Å². The van der Waals surface area contributed by atoms with Crippen LogP contribution in [0.4, 0.5) is 0 Å². The Morgan fingerprint density at radius 3 is 1.88 bits per heavy atom. The summed E-state index contributed by atoms with van der Waals surface area (Å²) in [7, 11) is 0. The van der Waals surface area contributed by atoms with E-state index in [1.54, 1.807) is 0 Å². The van der Waals surface area contributed by atoms with Gasteiger partial charge in [0.1, 0.15) is 0 Å². The van der Waals surface area contributed by atoms with E-state index in [2.05, 4.69) is 6.92 Å². The summed E-state index contributed by atoms with van der Waals surface area (Å²) < 4.78 is 0. The molecule has 17 heavy (non-hydrogen) atoms. The quantitative estimate of drug-likeness (QED) is 0.502. The van der Waals surface area contributed by atoms with Crippen LogP contribution in [0.25, 0.3) is 0 Å². The molecule has 1 unspecified atom stereocenters. The Morgan fingerprint density at radius 1 is 0.882 bits per heavy atom. The number of hydrogen-bond donors (Lipinski definition) is 1. The molecule has 1 heteroatoms. The normalized spacial score (nSPS) is 18.0. The van der Waals surface area contributed by atoms with Gasteiger partial charge in [0.05, 0.1) is 0 Å². The molecule has 1 aliphatic carbocycles. The highest BCUT2D eigenvalue weighted by Gasteiger charge is 2.23. The molecular formula is C16H33N. The van der Waals surface area contributed by atoms with Crippen molar-refractivity contribution < 1.29 is 0 Å². The minimum absolute atomic E-state index is 0.522. The summed E-state index contributed by atoms with van der Waals surface area (Å²) >= 11 is 0. The lowest BCUT2D eigenvalue weighted by atomic mass is 9.78. The Kier molecular flexibility index (Phi) is 8.78. The second kappa shape index (κ2) is 9.94. The smallest absolute Gasteiger partial charge is 0.00671 e. The van der Waals surface area contributed by atoms with Gasteiger partial charge in [0.15, 0.2) is 0 Å². The summed E-state index contributed by atoms with van der Waals surface area (Å²) in [5, 5.41) is 0. The van der Waals surface area contributed by atoms with Crippen LogP contribution in [-0.4, -0.2) is 6.04 Å². The van der Waals surface area contributed by atoms with Crippen molar-refractivity contribution in [3.63, 3.8) is 0 Å². The third-order valence-electron chi connectivity index (χ3n) is 4.40. The minimum atomic E-state index is 0.522. The van der Waals surface area contributed by atoms with Gasteiger partial charge < -0.3 is 5.73 Å². The highest BCUT2D eigenvalue weighted by molar-refractivity contribution is 4.79. The molecule has 1 atom stereocenters. The van der Waals surface area contributed by atoms with Gasteiger partial charge in [-0.1, -0.05) is 71.1 Å². The first kappa shape index (κ1) is 15.0. The maximum Gasteiger partial charge on any atom is 0.00671 e. The molecule has 2 N–H and O–H groups in total. The fourth-order valence-electron chi connectivity index (χ4n) is 2.79. The summed E-state index contributed by atoms with van der Waals surface area (Å²) in [5.74, 6) is 0.879. The number of rotatable bonds is 11. The van der Waals surface area contributed by atoms with Crippen LogP contribution >= 0.6 is 0 Å². The minimum Gasteiger partial charge on any atom is -0.327 e. The molecule has 0 bridgehead atoms. The van der Waals surface area contributed by atoms with Crippen molar-refractivity contribution in [3.8, 4) is 0 Å². The van der Waals surface area contributed by atoms with Gasteiger partial charge >= 0.3 is 0 Å². The van der Waals surface area contributed by atoms with Crippen molar-refractivity contribution in [3.05, 3.63) is 0 Å². The maximum absolute atomic E-state index is 6.17. The monoisotopic (exact) mass is 239 g/mol. The summed E-state index contributed by atoms with van der Waals surface area (Å²) in [5.41, 5.74) is 6.17. The van der Waals surface area contributed by atoms with Crippen LogP contribution in [0.2, 0.25) is 0 Å². The highest BCUT2D eigenvalue weighted by Crippen LogP contribution is 2.30. The molecule has 102 valence electrons. The molecule has 0 heterocycles. The van der Waals surface area contributed by atoms with Crippen molar-refractivity contribution >= 4 is 0 Å². The Hall–Kier alpha value is -0.0400. The lowest BCUT2D eigenvalue weighted by molar-refractivity contribution is 0.249. The molecule has 0 spiro atoms. The number of nitrogens with two attached hydrogens (primary N) is 1. The van der Waals surface area contributed by atoms with Crippen LogP contribution in [0.15, 0.2) is 0 Å². The molecule has 0 aromatic heterocycles. The molecule has 1 rings (SSSR count). The SMILES string of the molecule is CCCCCCCCCCCC(N)C1CCC1. The van der Waals surface area contributed by atoms with Crippen LogP contribution < -0.4 is 5.73 Å². The van der Waals surface area contributed by atoms with E-state index in [4.69, 9.17) is 5.73 Å². The van der Waals surface area contributed by atoms with E-state index in [0.29, 0.717) is 6.04 Å². The van der Waals surface area contributed by atoms with Gasteiger partial charge in [0, 0.05) is 6.04 Å². The van der Waals surface area contributed by atoms with E-state index in [1.165, 1.54) is 83.5 Å². The van der Waals surface area contributed by atoms with Gasteiger partial charge in [0.25, 0.3) is 0 Å². The predicted octanol–water partition coefficient (Wildman–Crippen LogP) is 5.03. The summed E-state index contributed by atoms with van der Waals surface area (Å²) in [6.45, 7) is 2.28. The average Bonchev–Trinajstić information content (AvgIpc) is 2.24. The summed E-state index contributed by atoms with van der Waals surface area (Å²) in [6.07, 6.45) is 18.3. The van der Waals surface area contributed by atoms with Gasteiger partial charge in [-0.2, -0.15) is 0 Å². The fraction of sp³-hybridized carbons (Fsp3) is 1.00. The third kappa shape index (κ3) is 7.08. The highest BCUT2D eigenvalue weighted by atomic mass is 14.7. The molecule has 1 nitrogen and oxygen atoms in total. The topological polar surface area (TPSA) is 26.0 Å². The maximum atomic E-state index is 6.17. The molecule has 0 amide bonds. The Balaban J connectivity index is 1.74. The molecule has 0 aromatic rings. The first-order chi connectivity index (χ1) is 8.34. The standard InChI is InChI=1S/C16H33N/c1-2-3-4-5-6-7-8-9-10-14-16(17)15-12-11-13-15/h15-16H,2-14,17H2,1H3. The zero-order valence-corrected chi connectivity index (χ0v) is 11.9. The molecule has 0 saturated heterocycles. The van der Waals surface area contributed by atoms with E-state index in [-0.39, 0.29) is 0 Å². The van der Waals surface area contributed by atoms with Crippen molar-refractivity contribution in [2.75, 3.05) is 0 Å². The van der Waals surface area contributed by atoms with Crippen LogP contribution in [0.1, 0.15) is 90.4 Å². The Bertz CT molecular complexity index is 163. The van der Waals surface area contributed by atoms with Gasteiger partial charge in [-0.25, -0.2) is 0 Å². The van der Waals surface area contributed by atoms with Crippen LogP contribution in [0.5, 0.6) is 0 Å². The molecule has 1 saturated carbocycles. The summed E-state index contributed by atoms with van der Waals surface area (Å²) in [4.78, 5) is 0. The average molecular weight is 239 g/mol. The first-order valence-electron chi connectivity index (χ1n) is 8.10. The summed E-state index contributed by atoms with van der Waals surface area (Å²) in [6, 6.07) is 0.522. The van der Waals surface area contributed by atoms with E-state index >= 15 is 0 Å². The number of hydrogen-bond acceptors (Lipinski definition) is 1. The lowest BCUT2D eigenvalue weighted by Gasteiger charge is -2.31. The molecular weight excluding hydrogens is 206 g/mol. The predicted molar refractivity (Wildman–Crippen MR) is 77.2 cm³/mol. The molecule has 0 aliphatic heterocycles. The first-order valence-corrected chi connectivity index (χ1v) is 8.10. The van der Waals surface area contributed by atoms with E-state index < -0.39 is 0 Å². The van der Waals surface area contributed by atoms with E-state index in [1.807, 2.05) is 0 Å². The molecule has 0 aromatic carbocycles. The van der Waals surface area contributed by atoms with Crippen molar-refractivity contribution in [1.29, 1.82) is 0 Å². The van der Waals surface area contributed by atoms with E-state index in [9.17, 15) is 0 Å². The Labute approximate surface area is 109 Å². The second-order valence-corrected chi connectivity index (χ2v) is 5.97. The Morgan fingerprint density at radius 2 is 1.41 bits per heavy atom. The lowest BCUT2D eigenvalue weighted by Crippen LogP contribution is -2.34. The van der Waals surface area contributed by atoms with Gasteiger partial charge in [-0.15, -0.1) is 0 Å². The molecule has 1 fully saturated rings. The molecule has 1 aliphatic rings.